The third-order valence-electron chi connectivity index (χ3n) is 3.20. The first-order valence-electron chi connectivity index (χ1n) is 6.48. The number of aromatic nitrogens is 1. The van der Waals surface area contributed by atoms with Gasteiger partial charge in [0.2, 0.25) is 0 Å². The van der Waals surface area contributed by atoms with Crippen LogP contribution in [0.5, 0.6) is 5.75 Å². The van der Waals surface area contributed by atoms with Crippen molar-refractivity contribution in [2.24, 2.45) is 0 Å². The lowest BCUT2D eigenvalue weighted by atomic mass is 10.1. The first-order chi connectivity index (χ1) is 10.3. The number of carbonyl (C=O) groups excluding carboxylic acids is 1. The monoisotopic (exact) mass is 297 g/mol. The van der Waals surface area contributed by atoms with Crippen LogP contribution < -0.4 is 4.74 Å². The highest BCUT2D eigenvalue weighted by Gasteiger charge is 2.07. The van der Waals surface area contributed by atoms with Gasteiger partial charge >= 0.3 is 0 Å². The lowest BCUT2D eigenvalue weighted by Crippen LogP contribution is -1.97. The molecule has 1 aromatic heterocycles. The van der Waals surface area contributed by atoms with Crippen molar-refractivity contribution < 1.29 is 9.53 Å². The molecular weight excluding hydrogens is 286 g/mol. The van der Waals surface area contributed by atoms with Gasteiger partial charge in [0.15, 0.2) is 6.29 Å². The van der Waals surface area contributed by atoms with Crippen LogP contribution >= 0.6 is 11.6 Å². The van der Waals surface area contributed by atoms with E-state index >= 15 is 0 Å². The molecule has 0 amide bonds. The van der Waals surface area contributed by atoms with Crippen molar-refractivity contribution in [3.8, 4) is 5.75 Å². The quantitative estimate of drug-likeness (QED) is 0.675. The molecule has 0 fully saturated rings. The number of hydrogen-bond donors (Lipinski definition) is 0. The van der Waals surface area contributed by atoms with Crippen LogP contribution in [0.2, 0.25) is 5.02 Å². The van der Waals surface area contributed by atoms with Crippen molar-refractivity contribution in [3.63, 3.8) is 0 Å². The van der Waals surface area contributed by atoms with Gasteiger partial charge in [-0.25, -0.2) is 0 Å². The Hall–Kier alpha value is -2.39. The van der Waals surface area contributed by atoms with Crippen LogP contribution in [0.4, 0.5) is 0 Å². The van der Waals surface area contributed by atoms with Gasteiger partial charge in [0, 0.05) is 22.2 Å². The molecule has 3 nitrogen and oxygen atoms in total. The van der Waals surface area contributed by atoms with E-state index in [0.717, 1.165) is 17.2 Å². The van der Waals surface area contributed by atoms with Crippen LogP contribution in [0.3, 0.4) is 0 Å². The van der Waals surface area contributed by atoms with Crippen molar-refractivity contribution in [3.05, 3.63) is 70.9 Å². The van der Waals surface area contributed by atoms with Crippen LogP contribution in [-0.2, 0) is 6.61 Å². The maximum Gasteiger partial charge on any atom is 0.150 e. The molecule has 3 aromatic rings. The molecule has 0 aliphatic rings. The van der Waals surface area contributed by atoms with Gasteiger partial charge in [0.1, 0.15) is 17.9 Å². The van der Waals surface area contributed by atoms with Crippen LogP contribution in [0.15, 0.2) is 54.7 Å². The fourth-order valence-corrected chi connectivity index (χ4v) is 2.26. The molecule has 0 aliphatic carbocycles. The third kappa shape index (κ3) is 2.88. The summed E-state index contributed by atoms with van der Waals surface area (Å²) in [7, 11) is 0. The Labute approximate surface area is 127 Å². The largest absolute Gasteiger partial charge is 0.487 e. The lowest BCUT2D eigenvalue weighted by Gasteiger charge is -2.09. The molecule has 0 unspecified atom stereocenters. The minimum absolute atomic E-state index is 0.420. The summed E-state index contributed by atoms with van der Waals surface area (Å²) < 4.78 is 5.82. The number of halogens is 1. The Morgan fingerprint density at radius 1 is 1.10 bits per heavy atom. The maximum atomic E-state index is 11.1. The molecule has 4 heteroatoms. The Bertz CT molecular complexity index is 784. The molecule has 3 rings (SSSR count). The number of rotatable bonds is 4. The number of pyridine rings is 1. The number of fused-ring (bicyclic) bond motifs is 1. The second kappa shape index (κ2) is 5.94. The summed E-state index contributed by atoms with van der Waals surface area (Å²) in [4.78, 5) is 15.4. The molecule has 2 aromatic carbocycles. The Morgan fingerprint density at radius 3 is 2.67 bits per heavy atom. The molecular formula is C17H12ClNO2. The van der Waals surface area contributed by atoms with Gasteiger partial charge in [0.25, 0.3) is 0 Å². The summed E-state index contributed by atoms with van der Waals surface area (Å²) in [6, 6.07) is 14.7. The van der Waals surface area contributed by atoms with Gasteiger partial charge < -0.3 is 4.74 Å². The number of benzene rings is 2. The molecule has 0 aliphatic heterocycles. The zero-order valence-corrected chi connectivity index (χ0v) is 11.9. The average molecular weight is 298 g/mol. The molecule has 21 heavy (non-hydrogen) atoms. The topological polar surface area (TPSA) is 39.2 Å². The summed E-state index contributed by atoms with van der Waals surface area (Å²) in [5.74, 6) is 0.658. The Balaban J connectivity index is 1.90. The molecule has 0 N–H and O–H groups in total. The summed E-state index contributed by atoms with van der Waals surface area (Å²) >= 11 is 5.86. The predicted octanol–water partition coefficient (Wildman–Crippen LogP) is 4.28. The number of para-hydroxylation sites is 1. The van der Waals surface area contributed by atoms with Crippen LogP contribution in [0, 0.1) is 0 Å². The van der Waals surface area contributed by atoms with Crippen molar-refractivity contribution in [2.75, 3.05) is 0 Å². The number of nitrogens with zero attached hydrogens (tertiary/aromatic N) is 1. The van der Waals surface area contributed by atoms with E-state index in [-0.39, 0.29) is 0 Å². The Kier molecular flexibility index (Phi) is 3.84. The van der Waals surface area contributed by atoms with Crippen LogP contribution in [0.1, 0.15) is 15.9 Å². The smallest absolute Gasteiger partial charge is 0.150 e. The Morgan fingerprint density at radius 2 is 1.90 bits per heavy atom. The zero-order chi connectivity index (χ0) is 14.7. The fourth-order valence-electron chi connectivity index (χ4n) is 2.13. The van der Waals surface area contributed by atoms with E-state index in [1.807, 2.05) is 42.5 Å². The van der Waals surface area contributed by atoms with E-state index in [1.165, 1.54) is 0 Å². The predicted molar refractivity (Wildman–Crippen MR) is 82.9 cm³/mol. The normalized spacial score (nSPS) is 10.5. The van der Waals surface area contributed by atoms with Gasteiger partial charge in [-0.15, -0.1) is 0 Å². The molecule has 0 radical (unpaired) electrons. The number of aldehydes is 1. The lowest BCUT2D eigenvalue weighted by molar-refractivity contribution is 0.112. The molecule has 0 spiro atoms. The van der Waals surface area contributed by atoms with Crippen LogP contribution in [-0.4, -0.2) is 11.3 Å². The molecule has 0 atom stereocenters. The highest BCUT2D eigenvalue weighted by Crippen LogP contribution is 2.26. The van der Waals surface area contributed by atoms with E-state index in [4.69, 9.17) is 16.3 Å². The minimum atomic E-state index is 0.420. The summed E-state index contributed by atoms with van der Waals surface area (Å²) in [5.41, 5.74) is 2.32. The summed E-state index contributed by atoms with van der Waals surface area (Å²) in [6.07, 6.45) is 2.44. The van der Waals surface area contributed by atoms with E-state index < -0.39 is 0 Å². The molecule has 0 bridgehead atoms. The van der Waals surface area contributed by atoms with Gasteiger partial charge in [-0.2, -0.15) is 0 Å². The van der Waals surface area contributed by atoms with Crippen molar-refractivity contribution in [2.45, 2.75) is 6.61 Å². The number of hydrogen-bond acceptors (Lipinski definition) is 3. The summed E-state index contributed by atoms with van der Waals surface area (Å²) in [6.45, 7) is 0.420. The van der Waals surface area contributed by atoms with Crippen LogP contribution in [0.25, 0.3) is 10.9 Å². The zero-order valence-electron chi connectivity index (χ0n) is 11.1. The van der Waals surface area contributed by atoms with E-state index in [1.54, 1.807) is 12.3 Å². The van der Waals surface area contributed by atoms with Crippen molar-refractivity contribution in [1.82, 2.24) is 4.98 Å². The number of ether oxygens (including phenoxy) is 1. The minimum Gasteiger partial charge on any atom is -0.487 e. The van der Waals surface area contributed by atoms with Gasteiger partial charge in [0.05, 0.1) is 0 Å². The van der Waals surface area contributed by atoms with E-state index in [2.05, 4.69) is 4.98 Å². The first-order valence-corrected chi connectivity index (χ1v) is 6.86. The molecule has 0 saturated carbocycles. The van der Waals surface area contributed by atoms with E-state index in [9.17, 15) is 4.79 Å². The number of carbonyl (C=O) groups is 1. The highest BCUT2D eigenvalue weighted by atomic mass is 35.5. The van der Waals surface area contributed by atoms with Crippen molar-refractivity contribution >= 4 is 28.8 Å². The van der Waals surface area contributed by atoms with E-state index in [0.29, 0.717) is 28.5 Å². The molecule has 0 saturated heterocycles. The second-order valence-corrected chi connectivity index (χ2v) is 5.02. The third-order valence-corrected chi connectivity index (χ3v) is 3.45. The second-order valence-electron chi connectivity index (χ2n) is 4.59. The maximum absolute atomic E-state index is 11.1. The van der Waals surface area contributed by atoms with Gasteiger partial charge in [-0.3, -0.25) is 9.78 Å². The molecule has 1 heterocycles. The van der Waals surface area contributed by atoms with Gasteiger partial charge in [-0.05, 0) is 29.8 Å². The van der Waals surface area contributed by atoms with Gasteiger partial charge in [-0.1, -0.05) is 35.9 Å². The fraction of sp³-hybridized carbons (Fsp3) is 0.0588. The first kappa shape index (κ1) is 13.6. The molecule has 104 valence electrons. The highest BCUT2D eigenvalue weighted by molar-refractivity contribution is 6.30. The standard InChI is InChI=1S/C17H12ClNO2/c18-14-6-4-12(5-7-14)11-21-16-3-1-2-15-13(10-20)8-9-19-17(15)16/h1-10H,11H2. The summed E-state index contributed by atoms with van der Waals surface area (Å²) in [5, 5.41) is 1.49. The van der Waals surface area contributed by atoms with Crippen molar-refractivity contribution in [1.29, 1.82) is 0 Å². The SMILES string of the molecule is O=Cc1ccnc2c(OCc3ccc(Cl)cc3)cccc12. The average Bonchev–Trinajstić information content (AvgIpc) is 2.53.